The van der Waals surface area contributed by atoms with Gasteiger partial charge in [0.15, 0.2) is 0 Å². The molecule has 0 radical (unpaired) electrons. The Hall–Kier alpha value is -1.26. The average molecular weight is 303 g/mol. The van der Waals surface area contributed by atoms with Gasteiger partial charge in [-0.05, 0) is 51.3 Å². The Kier molecular flexibility index (Phi) is 5.48. The van der Waals surface area contributed by atoms with E-state index in [0.717, 1.165) is 29.4 Å². The van der Waals surface area contributed by atoms with Crippen LogP contribution in [0.2, 0.25) is 0 Å². The van der Waals surface area contributed by atoms with Crippen LogP contribution in [-0.2, 0) is 0 Å². The van der Waals surface area contributed by atoms with Crippen LogP contribution in [0.15, 0.2) is 12.1 Å². The number of hydrogen-bond acceptors (Lipinski definition) is 4. The number of nitrogens with zero attached hydrogens (tertiary/aromatic N) is 2. The second kappa shape index (κ2) is 7.14. The van der Waals surface area contributed by atoms with Crippen molar-refractivity contribution >= 4 is 11.3 Å². The normalized spacial score (nSPS) is 12.6. The molecule has 0 spiro atoms. The molecule has 0 aliphatic heterocycles. The van der Waals surface area contributed by atoms with Crippen LogP contribution in [0.4, 0.5) is 0 Å². The first-order valence-electron chi connectivity index (χ1n) is 7.71. The number of nitrogens with one attached hydrogen (secondary N) is 1. The minimum Gasteiger partial charge on any atom is -0.308 e. The smallest absolute Gasteiger partial charge is 0.148 e. The van der Waals surface area contributed by atoms with Crippen LogP contribution in [0.1, 0.15) is 54.4 Å². The Morgan fingerprint density at radius 3 is 2.33 bits per heavy atom. The van der Waals surface area contributed by atoms with Crippen LogP contribution in [-0.4, -0.2) is 16.7 Å². The Labute approximate surface area is 131 Å². The molecule has 0 saturated carbocycles. The van der Waals surface area contributed by atoms with E-state index in [1.54, 1.807) is 11.3 Å². The fourth-order valence-electron chi connectivity index (χ4n) is 2.72. The zero-order chi connectivity index (χ0) is 15.4. The predicted octanol–water partition coefficient (Wildman–Crippen LogP) is 4.58. The van der Waals surface area contributed by atoms with E-state index in [9.17, 15) is 0 Å². The van der Waals surface area contributed by atoms with E-state index < -0.39 is 0 Å². The fourth-order valence-corrected chi connectivity index (χ4v) is 3.90. The molecule has 1 aromatic carbocycles. The standard InChI is InChI=1S/C17H25N3S/c1-6-8-18-14(7-2)16-19-20-17(21-16)15-12(4)9-11(3)10-13(15)5/h9-10,14,18H,6-8H2,1-5H3. The monoisotopic (exact) mass is 303 g/mol. The molecular formula is C17H25N3S. The molecule has 0 amide bonds. The zero-order valence-corrected chi connectivity index (χ0v) is 14.5. The first kappa shape index (κ1) is 16.1. The molecule has 21 heavy (non-hydrogen) atoms. The van der Waals surface area contributed by atoms with Crippen LogP contribution in [0.5, 0.6) is 0 Å². The van der Waals surface area contributed by atoms with E-state index in [2.05, 4.69) is 62.3 Å². The molecule has 114 valence electrons. The number of aromatic nitrogens is 2. The van der Waals surface area contributed by atoms with Crippen LogP contribution in [0.3, 0.4) is 0 Å². The maximum absolute atomic E-state index is 4.44. The average Bonchev–Trinajstić information content (AvgIpc) is 2.88. The Balaban J connectivity index is 2.31. The molecule has 3 nitrogen and oxygen atoms in total. The van der Waals surface area contributed by atoms with Gasteiger partial charge in [0.2, 0.25) is 0 Å². The molecule has 1 N–H and O–H groups in total. The number of hydrogen-bond donors (Lipinski definition) is 1. The number of benzene rings is 1. The number of rotatable bonds is 6. The van der Waals surface area contributed by atoms with Crippen molar-refractivity contribution in [3.05, 3.63) is 33.8 Å². The van der Waals surface area contributed by atoms with Gasteiger partial charge in [0.1, 0.15) is 10.0 Å². The van der Waals surface area contributed by atoms with Crippen molar-refractivity contribution in [3.63, 3.8) is 0 Å². The van der Waals surface area contributed by atoms with Gasteiger partial charge >= 0.3 is 0 Å². The van der Waals surface area contributed by atoms with Gasteiger partial charge < -0.3 is 5.32 Å². The molecule has 1 aromatic heterocycles. The summed E-state index contributed by atoms with van der Waals surface area (Å²) in [5, 5.41) is 14.6. The highest BCUT2D eigenvalue weighted by Gasteiger charge is 2.17. The summed E-state index contributed by atoms with van der Waals surface area (Å²) in [5.74, 6) is 0. The van der Waals surface area contributed by atoms with Gasteiger partial charge in [-0.25, -0.2) is 0 Å². The van der Waals surface area contributed by atoms with Gasteiger partial charge in [-0.3, -0.25) is 0 Å². The SMILES string of the molecule is CCCNC(CC)c1nnc(-c2c(C)cc(C)cc2C)s1. The third kappa shape index (κ3) is 3.69. The lowest BCUT2D eigenvalue weighted by molar-refractivity contribution is 0.513. The largest absolute Gasteiger partial charge is 0.308 e. The van der Waals surface area contributed by atoms with Crippen LogP contribution in [0.25, 0.3) is 10.6 Å². The second-order valence-electron chi connectivity index (χ2n) is 5.63. The highest BCUT2D eigenvalue weighted by Crippen LogP contribution is 2.33. The first-order chi connectivity index (χ1) is 10.1. The van der Waals surface area contributed by atoms with E-state index >= 15 is 0 Å². The summed E-state index contributed by atoms with van der Waals surface area (Å²) in [7, 11) is 0. The summed E-state index contributed by atoms with van der Waals surface area (Å²) >= 11 is 1.72. The fraction of sp³-hybridized carbons (Fsp3) is 0.529. The highest BCUT2D eigenvalue weighted by atomic mass is 32.1. The van der Waals surface area contributed by atoms with Gasteiger partial charge in [-0.15, -0.1) is 10.2 Å². The maximum atomic E-state index is 4.44. The molecule has 4 heteroatoms. The second-order valence-corrected chi connectivity index (χ2v) is 6.64. The molecule has 0 bridgehead atoms. The van der Waals surface area contributed by atoms with Crippen molar-refractivity contribution in [2.45, 2.75) is 53.5 Å². The predicted molar refractivity (Wildman–Crippen MR) is 90.9 cm³/mol. The lowest BCUT2D eigenvalue weighted by Crippen LogP contribution is -2.21. The molecular weight excluding hydrogens is 278 g/mol. The summed E-state index contributed by atoms with van der Waals surface area (Å²) in [5.41, 5.74) is 5.11. The van der Waals surface area contributed by atoms with Gasteiger partial charge in [-0.2, -0.15) is 0 Å². The Morgan fingerprint density at radius 1 is 1.10 bits per heavy atom. The lowest BCUT2D eigenvalue weighted by atomic mass is 10.0. The van der Waals surface area contributed by atoms with Crippen LogP contribution < -0.4 is 5.32 Å². The summed E-state index contributed by atoms with van der Waals surface area (Å²) in [6, 6.07) is 4.76. The van der Waals surface area contributed by atoms with Crippen molar-refractivity contribution < 1.29 is 0 Å². The van der Waals surface area contributed by atoms with E-state index in [1.807, 2.05) is 0 Å². The first-order valence-corrected chi connectivity index (χ1v) is 8.53. The Morgan fingerprint density at radius 2 is 1.76 bits per heavy atom. The zero-order valence-electron chi connectivity index (χ0n) is 13.7. The molecule has 1 atom stereocenters. The number of aryl methyl sites for hydroxylation is 3. The lowest BCUT2D eigenvalue weighted by Gasteiger charge is -2.12. The highest BCUT2D eigenvalue weighted by molar-refractivity contribution is 7.14. The van der Waals surface area contributed by atoms with Crippen LogP contribution in [0, 0.1) is 20.8 Å². The van der Waals surface area contributed by atoms with Crippen molar-refractivity contribution in [1.82, 2.24) is 15.5 Å². The molecule has 0 saturated heterocycles. The summed E-state index contributed by atoms with van der Waals surface area (Å²) in [6.45, 7) is 11.8. The quantitative estimate of drug-likeness (QED) is 0.848. The summed E-state index contributed by atoms with van der Waals surface area (Å²) in [6.07, 6.45) is 2.18. The van der Waals surface area contributed by atoms with Gasteiger partial charge in [-0.1, -0.05) is 42.9 Å². The summed E-state index contributed by atoms with van der Waals surface area (Å²) in [4.78, 5) is 0. The van der Waals surface area contributed by atoms with Gasteiger partial charge in [0.25, 0.3) is 0 Å². The third-order valence-corrected chi connectivity index (χ3v) is 4.73. The van der Waals surface area contributed by atoms with E-state index in [4.69, 9.17) is 0 Å². The molecule has 0 aliphatic rings. The van der Waals surface area contributed by atoms with E-state index in [1.165, 1.54) is 22.3 Å². The molecule has 1 heterocycles. The third-order valence-electron chi connectivity index (χ3n) is 3.68. The maximum Gasteiger partial charge on any atom is 0.148 e. The van der Waals surface area contributed by atoms with Crippen molar-refractivity contribution in [2.75, 3.05) is 6.54 Å². The molecule has 0 fully saturated rings. The molecule has 0 aliphatic carbocycles. The minimum atomic E-state index is 0.322. The van der Waals surface area contributed by atoms with E-state index in [-0.39, 0.29) is 0 Å². The van der Waals surface area contributed by atoms with Crippen molar-refractivity contribution in [3.8, 4) is 10.6 Å². The van der Waals surface area contributed by atoms with Crippen LogP contribution >= 0.6 is 11.3 Å². The van der Waals surface area contributed by atoms with Gasteiger partial charge in [0, 0.05) is 5.56 Å². The van der Waals surface area contributed by atoms with Gasteiger partial charge in [0.05, 0.1) is 6.04 Å². The van der Waals surface area contributed by atoms with Crippen molar-refractivity contribution in [1.29, 1.82) is 0 Å². The topological polar surface area (TPSA) is 37.8 Å². The molecule has 2 aromatic rings. The molecule has 2 rings (SSSR count). The van der Waals surface area contributed by atoms with Crippen molar-refractivity contribution in [2.24, 2.45) is 0 Å². The molecule has 1 unspecified atom stereocenters. The van der Waals surface area contributed by atoms with E-state index in [0.29, 0.717) is 6.04 Å². The Bertz CT molecular complexity index is 581. The minimum absolute atomic E-state index is 0.322. The summed E-state index contributed by atoms with van der Waals surface area (Å²) < 4.78 is 0.